The fraction of sp³-hybridized carbons (Fsp3) is 1.00. The van der Waals surface area contributed by atoms with Crippen LogP contribution in [0.15, 0.2) is 0 Å². The average molecular weight is 1240 g/mol. The second kappa shape index (κ2) is 25.6. The van der Waals surface area contributed by atoms with Gasteiger partial charge in [0.2, 0.25) is 0 Å². The summed E-state index contributed by atoms with van der Waals surface area (Å²) in [6.07, 6.45) is -51.3. The second-order valence-electron chi connectivity index (χ2n) is 19.2. The first-order valence-electron chi connectivity index (χ1n) is 22.6. The van der Waals surface area contributed by atoms with E-state index in [0.717, 1.165) is 0 Å². The standard InChI is InChI=1S/C40H70NO28.Ac/c1-10-17(47)21(51)26(56)36(59-10)69-33-22(52)18(48)11(5-42)63-39(33)67-31-16(41)35(61-12(6-43)19(31)49)68-32-20(50)13(7-44)62-38(28(32)58)66-30-15(9-46)64-37(27(57)24(30)54)65-29-14(8-45)60-34(40(2,3)4)25(55)23(29)53;/h10-39,41-58H,5-9H2,1-4H3;/q-1;/t10?,11?,12?,13?,14?,15?,16?,17-,18+,19+,20+,21?,22+,23-,24-,25?,26+,27?,28?,29-,30+,31-,32+,33?,34?,35+,36?,37+,38-,39+;/m1./s1. The minimum Gasteiger partial charge on any atom is -0.668 e. The van der Waals surface area contributed by atoms with E-state index in [4.69, 9.17) is 57.8 Å². The van der Waals surface area contributed by atoms with Crippen LogP contribution in [0.3, 0.4) is 0 Å². The van der Waals surface area contributed by atoms with Crippen LogP contribution in [-0.4, -0.2) is 304 Å². The van der Waals surface area contributed by atoms with Crippen LogP contribution in [0.1, 0.15) is 27.7 Å². The second-order valence-corrected chi connectivity index (χ2v) is 19.2. The van der Waals surface area contributed by atoms with Gasteiger partial charge in [-0.15, -0.1) is 0 Å². The van der Waals surface area contributed by atoms with Gasteiger partial charge >= 0.3 is 0 Å². The predicted octanol–water partition coefficient (Wildman–Crippen LogP) is -9.92. The van der Waals surface area contributed by atoms with Gasteiger partial charge in [0.25, 0.3) is 0 Å². The summed E-state index contributed by atoms with van der Waals surface area (Å²) in [5.41, 5.74) is 8.36. The van der Waals surface area contributed by atoms with Crippen LogP contribution in [-0.2, 0) is 52.1 Å². The van der Waals surface area contributed by atoms with Crippen LogP contribution in [0.4, 0.5) is 0 Å². The Balaban J connectivity index is 0.00000913. The molecule has 6 rings (SSSR count). The van der Waals surface area contributed by atoms with E-state index in [9.17, 15) is 86.8 Å². The topological polar surface area (TPSA) is 469 Å². The molecule has 1 radical (unpaired) electrons. The minimum atomic E-state index is -2.16. The summed E-state index contributed by atoms with van der Waals surface area (Å²) < 4.78 is 63.0. The Hall–Kier alpha value is 0.282. The SMILES string of the molecule is CC1OC(OC2[C@H](O[C@@H]3C([NH-])[C@H](O[C@@H]4C(O)[C@@H](O[C@H]5C(CO)O[C@@H](O[C@@H]6C(CO)OC(C(C)(C)C)C(O)[C@H]6O)C(O)[C@H]5O)OC(CO)[C@@H]4O)OC(CO)[C@@H]3O)OC(CO)[C@H](O)[C@@H]2O)[C@@H](O)C(O)[C@@H]1O.[Ac]. The summed E-state index contributed by atoms with van der Waals surface area (Å²) in [6, 6.07) is -1.97. The van der Waals surface area contributed by atoms with Crippen molar-refractivity contribution in [1.82, 2.24) is 0 Å². The molecular formula is C40H70AcNO28-. The van der Waals surface area contributed by atoms with E-state index < -0.39 is 222 Å². The van der Waals surface area contributed by atoms with E-state index in [0.29, 0.717) is 0 Å². The number of hydrogen-bond acceptors (Lipinski definition) is 28. The molecule has 0 bridgehead atoms. The third-order valence-electron chi connectivity index (χ3n) is 13.3. The molecule has 14 unspecified atom stereocenters. The zero-order valence-electron chi connectivity index (χ0n) is 38.5. The van der Waals surface area contributed by atoms with Crippen molar-refractivity contribution in [3.63, 3.8) is 0 Å². The van der Waals surface area contributed by atoms with Crippen molar-refractivity contribution in [3.8, 4) is 0 Å². The number of ether oxygens (including phenoxy) is 11. The normalized spacial score (nSPS) is 51.7. The van der Waals surface area contributed by atoms with Crippen LogP contribution >= 0.6 is 0 Å². The monoisotopic (exact) mass is 1240 g/mol. The fourth-order valence-electron chi connectivity index (χ4n) is 9.19. The average Bonchev–Trinajstić information content (AvgIpc) is 3.31. The quantitative estimate of drug-likeness (QED) is 0.0724. The smallest absolute Gasteiger partial charge is 0.187 e. The molecule has 0 aliphatic carbocycles. The van der Waals surface area contributed by atoms with Gasteiger partial charge in [-0.25, -0.2) is 0 Å². The van der Waals surface area contributed by atoms with Crippen molar-refractivity contribution in [2.24, 2.45) is 5.41 Å². The van der Waals surface area contributed by atoms with Crippen molar-refractivity contribution in [3.05, 3.63) is 5.73 Å². The van der Waals surface area contributed by atoms with Gasteiger partial charge in [0, 0.05) is 44.1 Å². The van der Waals surface area contributed by atoms with Crippen LogP contribution in [0, 0.1) is 49.5 Å². The zero-order valence-corrected chi connectivity index (χ0v) is 43.3. The van der Waals surface area contributed by atoms with Gasteiger partial charge in [-0.1, -0.05) is 26.8 Å². The van der Waals surface area contributed by atoms with Gasteiger partial charge in [-0.05, 0) is 12.3 Å². The molecule has 18 N–H and O–H groups in total. The molecule has 0 aromatic rings. The van der Waals surface area contributed by atoms with Gasteiger partial charge < -0.3 is 145 Å². The van der Waals surface area contributed by atoms with E-state index >= 15 is 0 Å². The van der Waals surface area contributed by atoms with Crippen LogP contribution < -0.4 is 0 Å². The first-order chi connectivity index (χ1) is 32.4. The Kier molecular flexibility index (Phi) is 22.4. The first kappa shape index (κ1) is 61.1. The molecule has 30 heteroatoms. The molecule has 6 saturated heterocycles. The Bertz CT molecular complexity index is 1590. The van der Waals surface area contributed by atoms with Gasteiger partial charge in [-0.2, -0.15) is 0 Å². The zero-order chi connectivity index (χ0) is 51.1. The van der Waals surface area contributed by atoms with E-state index in [2.05, 4.69) is 0 Å². The maximum atomic E-state index is 11.6. The number of rotatable bonds is 15. The minimum absolute atomic E-state index is 0. The molecule has 6 heterocycles. The Morgan fingerprint density at radius 2 is 0.729 bits per heavy atom. The number of aliphatic hydroxyl groups excluding tert-OH is 17. The number of hydrogen-bond donors (Lipinski definition) is 17. The summed E-state index contributed by atoms with van der Waals surface area (Å²) in [5, 5.41) is 182. The third kappa shape index (κ3) is 12.7. The molecule has 6 aliphatic rings. The van der Waals surface area contributed by atoms with E-state index in [-0.39, 0.29) is 44.1 Å². The van der Waals surface area contributed by atoms with Crippen molar-refractivity contribution >= 4 is 0 Å². The van der Waals surface area contributed by atoms with Gasteiger partial charge in [0.15, 0.2) is 25.2 Å². The molecule has 407 valence electrons. The van der Waals surface area contributed by atoms with Crippen molar-refractivity contribution < 1.29 is 183 Å². The molecule has 70 heavy (non-hydrogen) atoms. The maximum absolute atomic E-state index is 11.6. The molecule has 6 aliphatic heterocycles. The van der Waals surface area contributed by atoms with Crippen molar-refractivity contribution in [1.29, 1.82) is 0 Å². The Morgan fingerprint density at radius 3 is 1.27 bits per heavy atom. The van der Waals surface area contributed by atoms with E-state index in [1.54, 1.807) is 20.8 Å². The Labute approximate surface area is 436 Å². The molecule has 29 nitrogen and oxygen atoms in total. The summed E-state index contributed by atoms with van der Waals surface area (Å²) in [5.74, 6) is 0. The van der Waals surface area contributed by atoms with Crippen molar-refractivity contribution in [2.75, 3.05) is 33.0 Å². The fourth-order valence-corrected chi connectivity index (χ4v) is 9.19. The summed E-state index contributed by atoms with van der Waals surface area (Å²) in [4.78, 5) is 0. The number of nitrogens with one attached hydrogen (secondary N) is 1. The van der Waals surface area contributed by atoms with E-state index in [1.807, 2.05) is 0 Å². The van der Waals surface area contributed by atoms with Gasteiger partial charge in [-0.3, -0.25) is 0 Å². The molecule has 30 atom stereocenters. The largest absolute Gasteiger partial charge is 0.668 e. The molecule has 0 saturated carbocycles. The van der Waals surface area contributed by atoms with Crippen molar-refractivity contribution in [2.45, 2.75) is 212 Å². The first-order valence-corrected chi connectivity index (χ1v) is 22.6. The molecule has 0 aromatic carbocycles. The molecule has 0 spiro atoms. The summed E-state index contributed by atoms with van der Waals surface area (Å²) in [7, 11) is 0. The predicted molar refractivity (Wildman–Crippen MR) is 217 cm³/mol. The van der Waals surface area contributed by atoms with Crippen LogP contribution in [0.5, 0.6) is 0 Å². The molecule has 6 fully saturated rings. The molecular weight excluding hydrogens is 1170 g/mol. The molecule has 0 amide bonds. The van der Waals surface area contributed by atoms with Crippen LogP contribution in [0.2, 0.25) is 0 Å². The summed E-state index contributed by atoms with van der Waals surface area (Å²) >= 11 is 0. The third-order valence-corrected chi connectivity index (χ3v) is 13.3. The van der Waals surface area contributed by atoms with E-state index in [1.165, 1.54) is 6.92 Å². The van der Waals surface area contributed by atoms with Gasteiger partial charge in [0.1, 0.15) is 134 Å². The maximum Gasteiger partial charge on any atom is 0.187 e. The number of aliphatic hydroxyl groups is 17. The van der Waals surface area contributed by atoms with Gasteiger partial charge in [0.05, 0.1) is 51.3 Å². The molecule has 0 aromatic heterocycles. The van der Waals surface area contributed by atoms with Crippen LogP contribution in [0.25, 0.3) is 5.73 Å². The summed E-state index contributed by atoms with van der Waals surface area (Å²) in [6.45, 7) is 1.96. The Morgan fingerprint density at radius 1 is 0.357 bits per heavy atom.